The lowest BCUT2D eigenvalue weighted by Crippen LogP contribution is -2.61. The molecule has 2 aliphatic heterocycles. The van der Waals surface area contributed by atoms with Gasteiger partial charge in [-0.05, 0) is 101 Å². The van der Waals surface area contributed by atoms with E-state index in [1.54, 1.807) is 13.1 Å². The average Bonchev–Trinajstić information content (AvgIpc) is 4.14. The Hall–Kier alpha value is -4.40. The number of carbonyl (C=O) groups excluding carboxylic acids is 3. The Morgan fingerprint density at radius 3 is 2.48 bits per heavy atom. The zero-order chi connectivity index (χ0) is 41.1. The van der Waals surface area contributed by atoms with Gasteiger partial charge in [-0.25, -0.2) is 18.2 Å². The van der Waals surface area contributed by atoms with E-state index in [4.69, 9.17) is 9.47 Å². The van der Waals surface area contributed by atoms with Crippen molar-refractivity contribution < 1.29 is 42.2 Å². The molecule has 4 aliphatic carbocycles. The summed E-state index contributed by atoms with van der Waals surface area (Å²) in [6.45, 7) is 8.13. The van der Waals surface area contributed by atoms with Crippen molar-refractivity contribution in [3.8, 4) is 11.6 Å². The number of carboxylic acid groups (broad SMARTS) is 1. The molecule has 10 atom stereocenters. The van der Waals surface area contributed by atoms with Gasteiger partial charge >= 0.3 is 6.09 Å². The van der Waals surface area contributed by atoms with Crippen LogP contribution in [0.25, 0.3) is 10.8 Å². The molecule has 4 amide bonds. The second-order valence-electron chi connectivity index (χ2n) is 18.3. The van der Waals surface area contributed by atoms with Crippen molar-refractivity contribution in [3.05, 3.63) is 42.6 Å². The molecule has 1 aromatic heterocycles. The van der Waals surface area contributed by atoms with Crippen molar-refractivity contribution in [3.63, 3.8) is 0 Å². The number of nitrogens with one attached hydrogen (secondary N) is 2. The highest BCUT2D eigenvalue weighted by molar-refractivity contribution is 7.91. The quantitative estimate of drug-likeness (QED) is 0.262. The number of nitrogens with zero attached hydrogens (tertiary/aromatic N) is 3. The predicted molar refractivity (Wildman–Crippen MR) is 215 cm³/mol. The number of hydrogen-bond acceptors (Lipinski definition) is 9. The Morgan fingerprint density at radius 2 is 1.79 bits per heavy atom. The molecular formula is C43H57N5O9S. The number of benzene rings is 1. The molecule has 14 nitrogen and oxygen atoms in total. The molecule has 1 saturated heterocycles. The van der Waals surface area contributed by atoms with Gasteiger partial charge in [0.15, 0.2) is 0 Å². The minimum absolute atomic E-state index is 0.0293. The lowest BCUT2D eigenvalue weighted by Gasteiger charge is -2.40. The van der Waals surface area contributed by atoms with Gasteiger partial charge in [-0.1, -0.05) is 51.1 Å². The number of hydrogen-bond donors (Lipinski definition) is 3. The monoisotopic (exact) mass is 819 g/mol. The third kappa shape index (κ3) is 7.63. The van der Waals surface area contributed by atoms with Crippen LogP contribution in [0.5, 0.6) is 11.6 Å². The van der Waals surface area contributed by atoms with Crippen LogP contribution in [0, 0.1) is 29.6 Å². The maximum atomic E-state index is 15.3. The van der Waals surface area contributed by atoms with Gasteiger partial charge in [-0.15, -0.1) is 0 Å². The van der Waals surface area contributed by atoms with Gasteiger partial charge in [0.2, 0.25) is 27.7 Å². The predicted octanol–water partition coefficient (Wildman–Crippen LogP) is 5.40. The topological polar surface area (TPSA) is 185 Å². The number of carbonyl (C=O) groups is 4. The highest BCUT2D eigenvalue weighted by atomic mass is 32.2. The van der Waals surface area contributed by atoms with Crippen LogP contribution in [-0.4, -0.2) is 99.8 Å². The molecule has 3 heterocycles. The highest BCUT2D eigenvalue weighted by Gasteiger charge is 2.63. The Labute approximate surface area is 340 Å². The van der Waals surface area contributed by atoms with Crippen molar-refractivity contribution in [2.24, 2.45) is 29.6 Å². The fourth-order valence-corrected chi connectivity index (χ4v) is 11.2. The van der Waals surface area contributed by atoms with Gasteiger partial charge in [0.05, 0.1) is 24.1 Å². The van der Waals surface area contributed by atoms with Crippen LogP contribution in [0.4, 0.5) is 4.79 Å². The summed E-state index contributed by atoms with van der Waals surface area (Å²) >= 11 is 0. The van der Waals surface area contributed by atoms with Crippen molar-refractivity contribution >= 4 is 44.6 Å². The maximum Gasteiger partial charge on any atom is 0.408 e. The van der Waals surface area contributed by atoms with E-state index in [0.29, 0.717) is 74.0 Å². The first kappa shape index (κ1) is 40.4. The fraction of sp³-hybridized carbons (Fsp3) is 0.651. The zero-order valence-corrected chi connectivity index (χ0v) is 34.7. The molecule has 1 aromatic carbocycles. The zero-order valence-electron chi connectivity index (χ0n) is 33.9. The summed E-state index contributed by atoms with van der Waals surface area (Å²) in [4.78, 5) is 64.7. The normalized spacial score (nSPS) is 34.6. The molecule has 3 N–H and O–H groups in total. The van der Waals surface area contributed by atoms with Gasteiger partial charge in [0.25, 0.3) is 5.91 Å². The number of sulfonamides is 1. The first-order valence-electron chi connectivity index (χ1n) is 21.2. The summed E-state index contributed by atoms with van der Waals surface area (Å²) in [5.41, 5.74) is -1.54. The van der Waals surface area contributed by atoms with Crippen LogP contribution in [0.3, 0.4) is 0 Å². The van der Waals surface area contributed by atoms with E-state index in [2.05, 4.69) is 21.9 Å². The summed E-state index contributed by atoms with van der Waals surface area (Å²) < 4.78 is 40.3. The third-order valence-electron chi connectivity index (χ3n) is 13.8. The number of ether oxygens (including phenoxy) is 2. The van der Waals surface area contributed by atoms with E-state index < -0.39 is 68.2 Å². The van der Waals surface area contributed by atoms with Crippen LogP contribution in [0.2, 0.25) is 0 Å². The number of fused-ring (bicyclic) bond motifs is 4. The van der Waals surface area contributed by atoms with Gasteiger partial charge in [0.1, 0.15) is 29.5 Å². The Morgan fingerprint density at radius 1 is 1.07 bits per heavy atom. The molecule has 4 saturated carbocycles. The van der Waals surface area contributed by atoms with Crippen LogP contribution < -0.4 is 19.5 Å². The number of rotatable bonds is 10. The largest absolute Gasteiger partial charge is 0.491 e. The van der Waals surface area contributed by atoms with Crippen LogP contribution in [0.15, 0.2) is 42.6 Å². The SMILES string of the molecule is CCCOc1cnc(O[C@@H]2C[C@H]3C(=O)N[C@]4(C(=O)NS(=O)(=O)C5(C)CC5)C[C@H]4/C=C\CC[C@H](C)C[C@@H](C)[C@H](N(C(=O)O)C4CC5C[C@H]5C4)C(=O)N3C2)c2ccccc12. The minimum Gasteiger partial charge on any atom is -0.491 e. The number of amides is 4. The van der Waals surface area contributed by atoms with E-state index >= 15 is 4.79 Å². The van der Waals surface area contributed by atoms with Gasteiger partial charge in [-0.3, -0.25) is 24.0 Å². The van der Waals surface area contributed by atoms with Crippen molar-refractivity contribution in [1.82, 2.24) is 24.8 Å². The molecule has 2 unspecified atom stereocenters. The van der Waals surface area contributed by atoms with Crippen LogP contribution >= 0.6 is 0 Å². The first-order chi connectivity index (χ1) is 27.6. The van der Waals surface area contributed by atoms with E-state index in [9.17, 15) is 27.9 Å². The number of aromatic nitrogens is 1. The molecule has 15 heteroatoms. The molecular weight excluding hydrogens is 763 g/mol. The molecule has 8 rings (SSSR count). The summed E-state index contributed by atoms with van der Waals surface area (Å²) in [6, 6.07) is 5.04. The van der Waals surface area contributed by atoms with Crippen molar-refractivity contribution in [1.29, 1.82) is 0 Å². The second-order valence-corrected chi connectivity index (χ2v) is 20.5. The van der Waals surface area contributed by atoms with Crippen LogP contribution in [-0.2, 0) is 24.4 Å². The lowest BCUT2D eigenvalue weighted by molar-refractivity contribution is -0.145. The molecule has 314 valence electrons. The van der Waals surface area contributed by atoms with E-state index in [-0.39, 0.29) is 37.3 Å². The standard InChI is InChI=1S/C43H57N5O9S/c1-5-16-56-35-23-44-38(33-13-9-8-12-32(33)35)57-31-21-34-37(49)45-43(40(51)46-58(54,55)42(4)14-15-42)22-29(43)11-7-6-10-25(2)17-26(3)36(39(50)47(34)24-31)48(41(52)53)30-19-27-18-28(27)20-30/h7-9,11-13,23,25-31,34,36H,5-6,10,14-22,24H2,1-4H3,(H,45,49)(H,46,51)(H,52,53)/b11-7-/t25-,26+,27-,28?,29+,30?,31+,34-,36-,43+/m0/s1. The second kappa shape index (κ2) is 15.3. The fourth-order valence-electron chi connectivity index (χ4n) is 9.90. The summed E-state index contributed by atoms with van der Waals surface area (Å²) in [7, 11) is -4.01. The minimum atomic E-state index is -4.01. The lowest BCUT2D eigenvalue weighted by atomic mass is 9.86. The average molecular weight is 820 g/mol. The Balaban J connectivity index is 1.15. The van der Waals surface area contributed by atoms with E-state index in [1.165, 1.54) is 9.80 Å². The number of allylic oxidation sites excluding steroid dienone is 1. The number of pyridine rings is 1. The third-order valence-corrected chi connectivity index (χ3v) is 16.0. The smallest absolute Gasteiger partial charge is 0.408 e. The van der Waals surface area contributed by atoms with Gasteiger partial charge in [-0.2, -0.15) is 0 Å². The van der Waals surface area contributed by atoms with Gasteiger partial charge < -0.3 is 24.8 Å². The Kier molecular flexibility index (Phi) is 10.7. The molecule has 6 aliphatic rings. The van der Waals surface area contributed by atoms with Gasteiger partial charge in [0, 0.05) is 29.2 Å². The summed E-state index contributed by atoms with van der Waals surface area (Å²) in [5, 5.41) is 15.3. The molecule has 0 bridgehead atoms. The molecule has 5 fully saturated rings. The Bertz CT molecular complexity index is 2100. The molecule has 58 heavy (non-hydrogen) atoms. The van der Waals surface area contributed by atoms with Crippen molar-refractivity contribution in [2.45, 2.75) is 133 Å². The highest BCUT2D eigenvalue weighted by Crippen LogP contribution is 2.54. The summed E-state index contributed by atoms with van der Waals surface area (Å²) in [5.74, 6) is -0.733. The van der Waals surface area contributed by atoms with E-state index in [0.717, 1.165) is 24.6 Å². The van der Waals surface area contributed by atoms with Crippen molar-refractivity contribution in [2.75, 3.05) is 13.2 Å². The molecule has 0 radical (unpaired) electrons. The van der Waals surface area contributed by atoms with Crippen LogP contribution in [0.1, 0.15) is 98.3 Å². The first-order valence-corrected chi connectivity index (χ1v) is 22.7. The van der Waals surface area contributed by atoms with E-state index in [1.807, 2.05) is 50.3 Å². The molecule has 0 spiro atoms. The maximum absolute atomic E-state index is 15.3. The molecule has 2 aromatic rings. The summed E-state index contributed by atoms with van der Waals surface area (Å²) in [6.07, 6.45) is 10.0.